The zero-order chi connectivity index (χ0) is 13.7. The molecular formula is C14H11ClINOS. The van der Waals surface area contributed by atoms with Gasteiger partial charge in [-0.3, -0.25) is 0 Å². The SMILES string of the molecule is Clc1cc2cc[nH]c2cc1Oc1ccccc1.SI. The lowest BCUT2D eigenvalue weighted by Gasteiger charge is -2.07. The number of aromatic amines is 1. The summed E-state index contributed by atoms with van der Waals surface area (Å²) in [5.41, 5.74) is 1.01. The summed E-state index contributed by atoms with van der Waals surface area (Å²) in [6.45, 7) is 0. The summed E-state index contributed by atoms with van der Waals surface area (Å²) in [5, 5.41) is 1.69. The van der Waals surface area contributed by atoms with E-state index in [2.05, 4.69) is 14.8 Å². The first-order chi connectivity index (χ1) is 9.33. The molecule has 0 fully saturated rings. The zero-order valence-corrected chi connectivity index (χ0v) is 13.6. The topological polar surface area (TPSA) is 25.0 Å². The number of halogens is 2. The first-order valence-corrected chi connectivity index (χ1v) is 9.10. The monoisotopic (exact) mass is 403 g/mol. The lowest BCUT2D eigenvalue weighted by Crippen LogP contribution is -1.85. The molecule has 3 rings (SSSR count). The van der Waals surface area contributed by atoms with Gasteiger partial charge >= 0.3 is 0 Å². The molecule has 0 aliphatic carbocycles. The van der Waals surface area contributed by atoms with Gasteiger partial charge in [0.25, 0.3) is 0 Å². The van der Waals surface area contributed by atoms with Crippen molar-refractivity contribution in [2.75, 3.05) is 0 Å². The zero-order valence-electron chi connectivity index (χ0n) is 9.81. The Morgan fingerprint density at radius 1 is 1.05 bits per heavy atom. The smallest absolute Gasteiger partial charge is 0.148 e. The highest BCUT2D eigenvalue weighted by Crippen LogP contribution is 2.32. The molecule has 1 aromatic heterocycles. The number of para-hydroxylation sites is 1. The summed E-state index contributed by atoms with van der Waals surface area (Å²) in [7, 11) is 3.50. The van der Waals surface area contributed by atoms with Crippen molar-refractivity contribution in [1.29, 1.82) is 0 Å². The van der Waals surface area contributed by atoms with Crippen molar-refractivity contribution < 1.29 is 4.74 Å². The Kier molecular flexibility index (Phi) is 5.42. The van der Waals surface area contributed by atoms with Crippen LogP contribution in [0.2, 0.25) is 5.02 Å². The van der Waals surface area contributed by atoms with Crippen LogP contribution >= 0.6 is 42.6 Å². The van der Waals surface area contributed by atoms with E-state index in [1.807, 2.05) is 75.9 Å². The van der Waals surface area contributed by atoms with E-state index in [-0.39, 0.29) is 0 Å². The Labute approximate surface area is 134 Å². The lowest BCUT2D eigenvalue weighted by atomic mass is 10.2. The number of benzene rings is 2. The second-order valence-corrected chi connectivity index (χ2v) is 4.17. The largest absolute Gasteiger partial charge is 0.456 e. The summed E-state index contributed by atoms with van der Waals surface area (Å²) < 4.78 is 5.73. The molecule has 0 radical (unpaired) electrons. The number of H-pyrrole nitrogens is 1. The number of aromatic nitrogens is 1. The molecule has 0 unspecified atom stereocenters. The third-order valence-electron chi connectivity index (χ3n) is 2.58. The summed E-state index contributed by atoms with van der Waals surface area (Å²) in [4.78, 5) is 3.13. The van der Waals surface area contributed by atoms with Crippen molar-refractivity contribution in [1.82, 2.24) is 4.98 Å². The van der Waals surface area contributed by atoms with E-state index in [1.54, 1.807) is 0 Å². The molecule has 0 saturated carbocycles. The Hall–Kier alpha value is -0.850. The minimum atomic E-state index is 0.612. The van der Waals surface area contributed by atoms with E-state index in [9.17, 15) is 0 Å². The van der Waals surface area contributed by atoms with Crippen molar-refractivity contribution in [3.63, 3.8) is 0 Å². The fourth-order valence-electron chi connectivity index (χ4n) is 1.75. The molecular weight excluding hydrogens is 393 g/mol. The van der Waals surface area contributed by atoms with Crippen LogP contribution in [-0.4, -0.2) is 4.98 Å². The molecule has 0 bridgehead atoms. The quantitative estimate of drug-likeness (QED) is 0.405. The van der Waals surface area contributed by atoms with Gasteiger partial charge in [0.1, 0.15) is 11.5 Å². The van der Waals surface area contributed by atoms with E-state index in [0.29, 0.717) is 10.8 Å². The van der Waals surface area contributed by atoms with Gasteiger partial charge in [-0.15, -0.1) is 9.80 Å². The van der Waals surface area contributed by atoms with Crippen LogP contribution < -0.4 is 4.74 Å². The van der Waals surface area contributed by atoms with Gasteiger partial charge in [0.2, 0.25) is 0 Å². The first kappa shape index (κ1) is 14.6. The maximum absolute atomic E-state index is 6.17. The van der Waals surface area contributed by atoms with Crippen LogP contribution in [0.5, 0.6) is 11.5 Å². The highest BCUT2D eigenvalue weighted by molar-refractivity contribution is 14.2. The van der Waals surface area contributed by atoms with Crippen LogP contribution in [0.25, 0.3) is 10.9 Å². The van der Waals surface area contributed by atoms with Gasteiger partial charge in [0.05, 0.1) is 5.02 Å². The Morgan fingerprint density at radius 2 is 1.79 bits per heavy atom. The maximum atomic E-state index is 6.17. The normalized spacial score (nSPS) is 9.84. The van der Waals surface area contributed by atoms with Crippen LogP contribution in [-0.2, 0) is 0 Å². The van der Waals surface area contributed by atoms with E-state index in [4.69, 9.17) is 16.3 Å². The average molecular weight is 404 g/mol. The molecule has 2 aromatic carbocycles. The average Bonchev–Trinajstić information content (AvgIpc) is 2.90. The van der Waals surface area contributed by atoms with Crippen molar-refractivity contribution in [2.45, 2.75) is 0 Å². The number of rotatable bonds is 2. The van der Waals surface area contributed by atoms with Crippen LogP contribution in [0.1, 0.15) is 0 Å². The molecule has 1 N–H and O–H groups in total. The van der Waals surface area contributed by atoms with Gasteiger partial charge in [-0.1, -0.05) is 29.8 Å². The molecule has 19 heavy (non-hydrogen) atoms. The van der Waals surface area contributed by atoms with E-state index >= 15 is 0 Å². The highest BCUT2D eigenvalue weighted by Gasteiger charge is 2.05. The number of thiol groups is 1. The van der Waals surface area contributed by atoms with Crippen molar-refractivity contribution in [3.8, 4) is 11.5 Å². The fraction of sp³-hybridized carbons (Fsp3) is 0. The summed E-state index contributed by atoms with van der Waals surface area (Å²) in [5.74, 6) is 1.44. The second kappa shape index (κ2) is 7.07. The molecule has 0 spiro atoms. The van der Waals surface area contributed by atoms with E-state index < -0.39 is 0 Å². The number of ether oxygens (including phenoxy) is 1. The molecule has 0 aliphatic rings. The lowest BCUT2D eigenvalue weighted by molar-refractivity contribution is 0.483. The van der Waals surface area contributed by atoms with Crippen LogP contribution in [0.4, 0.5) is 0 Å². The summed E-state index contributed by atoms with van der Waals surface area (Å²) in [6, 6.07) is 15.4. The van der Waals surface area contributed by atoms with Crippen molar-refractivity contribution in [3.05, 3.63) is 59.8 Å². The predicted molar refractivity (Wildman–Crippen MR) is 92.8 cm³/mol. The summed E-state index contributed by atoms with van der Waals surface area (Å²) >= 11 is 8.02. The molecule has 5 heteroatoms. The van der Waals surface area contributed by atoms with Gasteiger partial charge in [0.15, 0.2) is 0 Å². The molecule has 1 heterocycles. The van der Waals surface area contributed by atoms with Gasteiger partial charge in [-0.05, 0) is 45.5 Å². The fourth-order valence-corrected chi connectivity index (χ4v) is 1.96. The Balaban J connectivity index is 0.000000637. The number of hydrogen-bond donors (Lipinski definition) is 2. The van der Waals surface area contributed by atoms with Gasteiger partial charge in [0, 0.05) is 23.2 Å². The first-order valence-electron chi connectivity index (χ1n) is 5.49. The number of nitrogens with one attached hydrogen (secondary N) is 1. The van der Waals surface area contributed by atoms with Crippen LogP contribution in [0.3, 0.4) is 0 Å². The molecule has 3 aromatic rings. The van der Waals surface area contributed by atoms with Crippen molar-refractivity contribution >= 4 is 53.5 Å². The van der Waals surface area contributed by atoms with Gasteiger partial charge < -0.3 is 9.72 Å². The maximum Gasteiger partial charge on any atom is 0.148 e. The Bertz CT molecular complexity index is 657. The molecule has 98 valence electrons. The van der Waals surface area contributed by atoms with Crippen molar-refractivity contribution in [2.24, 2.45) is 0 Å². The molecule has 0 saturated heterocycles. The molecule has 2 nitrogen and oxygen atoms in total. The number of hydrogen-bond acceptors (Lipinski definition) is 2. The van der Waals surface area contributed by atoms with Gasteiger partial charge in [-0.2, -0.15) is 0 Å². The van der Waals surface area contributed by atoms with E-state index in [1.165, 1.54) is 0 Å². The summed E-state index contributed by atoms with van der Waals surface area (Å²) in [6.07, 6.45) is 1.88. The molecule has 0 amide bonds. The third kappa shape index (κ3) is 3.58. The minimum absolute atomic E-state index is 0.612. The standard InChI is InChI=1S/C14H10ClNO.HIS/c15-12-8-10-6-7-16-13(10)9-14(12)17-11-4-2-1-3-5-11;1-2/h1-9,16H;2H. The van der Waals surface area contributed by atoms with Gasteiger partial charge in [-0.25, -0.2) is 0 Å². The molecule has 0 aliphatic heterocycles. The minimum Gasteiger partial charge on any atom is -0.456 e. The predicted octanol–water partition coefficient (Wildman–Crippen LogP) is 5.88. The van der Waals surface area contributed by atoms with E-state index in [0.717, 1.165) is 16.7 Å². The van der Waals surface area contributed by atoms with Crippen LogP contribution in [0.15, 0.2) is 54.7 Å². The number of fused-ring (bicyclic) bond motifs is 1. The van der Waals surface area contributed by atoms with Crippen LogP contribution in [0, 0.1) is 0 Å². The highest BCUT2D eigenvalue weighted by atomic mass is 127. The Morgan fingerprint density at radius 3 is 2.53 bits per heavy atom. The third-order valence-corrected chi connectivity index (χ3v) is 2.87. The second-order valence-electron chi connectivity index (χ2n) is 3.76. The molecule has 0 atom stereocenters.